The third kappa shape index (κ3) is 7.03. The number of rotatable bonds is 7. The molecule has 1 amide bonds. The predicted molar refractivity (Wildman–Crippen MR) is 90.5 cm³/mol. The number of nitrogens with zero attached hydrogens (tertiary/aromatic N) is 1. The fourth-order valence-corrected chi connectivity index (χ4v) is 2.01. The number of ether oxygens (including phenoxy) is 3. The Balaban J connectivity index is 2.96. The number of hydrogen-bond acceptors (Lipinski definition) is 7. The molecule has 8 heteroatoms. The van der Waals surface area contributed by atoms with Crippen molar-refractivity contribution in [2.45, 2.75) is 72.6 Å². The zero-order valence-corrected chi connectivity index (χ0v) is 16.0. The molecule has 1 aromatic rings. The minimum absolute atomic E-state index is 0.108. The van der Waals surface area contributed by atoms with E-state index in [0.29, 0.717) is 17.2 Å². The highest BCUT2D eigenvalue weighted by molar-refractivity contribution is 5.81. The summed E-state index contributed by atoms with van der Waals surface area (Å²) in [5, 5.41) is 6.40. The Kier molecular flexibility index (Phi) is 7.26. The first kappa shape index (κ1) is 20.8. The van der Waals surface area contributed by atoms with Crippen LogP contribution < -0.4 is 10.1 Å². The van der Waals surface area contributed by atoms with Crippen molar-refractivity contribution in [3.8, 4) is 5.88 Å². The second-order valence-electron chi connectivity index (χ2n) is 6.84. The maximum absolute atomic E-state index is 12.2. The minimum atomic E-state index is -0.942. The molecule has 8 nitrogen and oxygen atoms in total. The molecule has 0 spiro atoms. The number of alkyl carbamates (subject to hydrolysis) is 1. The van der Waals surface area contributed by atoms with Crippen LogP contribution in [0.25, 0.3) is 0 Å². The van der Waals surface area contributed by atoms with Crippen LogP contribution >= 0.6 is 0 Å². The number of amides is 1. The van der Waals surface area contributed by atoms with Gasteiger partial charge < -0.3 is 24.1 Å². The van der Waals surface area contributed by atoms with Crippen molar-refractivity contribution < 1.29 is 28.3 Å². The molecule has 0 aromatic carbocycles. The van der Waals surface area contributed by atoms with E-state index < -0.39 is 23.7 Å². The highest BCUT2D eigenvalue weighted by atomic mass is 16.6. The SMILES string of the molecule is CCOC(=O)C(Cc1c(OC(C)C)noc1C)NC(=O)OC(C)(C)C. The van der Waals surface area contributed by atoms with Crippen LogP contribution in [-0.2, 0) is 20.7 Å². The summed E-state index contributed by atoms with van der Waals surface area (Å²) in [6, 6.07) is -0.942. The third-order valence-electron chi connectivity index (χ3n) is 2.97. The molecule has 25 heavy (non-hydrogen) atoms. The summed E-state index contributed by atoms with van der Waals surface area (Å²) in [6.07, 6.45) is -0.691. The average molecular weight is 356 g/mol. The fraction of sp³-hybridized carbons (Fsp3) is 0.706. The first-order valence-electron chi connectivity index (χ1n) is 8.31. The number of aromatic nitrogens is 1. The third-order valence-corrected chi connectivity index (χ3v) is 2.97. The Morgan fingerprint density at radius 2 is 1.92 bits per heavy atom. The number of esters is 1. The topological polar surface area (TPSA) is 99.9 Å². The van der Waals surface area contributed by atoms with Crippen molar-refractivity contribution in [2.24, 2.45) is 0 Å². The first-order valence-corrected chi connectivity index (χ1v) is 8.31. The van der Waals surface area contributed by atoms with Gasteiger partial charge in [-0.05, 0) is 53.6 Å². The zero-order chi connectivity index (χ0) is 19.2. The molecule has 0 radical (unpaired) electrons. The molecule has 142 valence electrons. The van der Waals surface area contributed by atoms with Crippen molar-refractivity contribution >= 4 is 12.1 Å². The molecular formula is C17H28N2O6. The van der Waals surface area contributed by atoms with Gasteiger partial charge in [0.1, 0.15) is 17.4 Å². The Labute approximate surface area is 148 Å². The second-order valence-corrected chi connectivity index (χ2v) is 6.84. The van der Waals surface area contributed by atoms with Gasteiger partial charge >= 0.3 is 12.1 Å². The largest absolute Gasteiger partial charge is 0.473 e. The maximum atomic E-state index is 12.2. The molecule has 1 N–H and O–H groups in total. The van der Waals surface area contributed by atoms with Gasteiger partial charge in [0.25, 0.3) is 5.88 Å². The smallest absolute Gasteiger partial charge is 0.408 e. The van der Waals surface area contributed by atoms with Crippen molar-refractivity contribution in [3.63, 3.8) is 0 Å². The lowest BCUT2D eigenvalue weighted by Crippen LogP contribution is -2.45. The van der Waals surface area contributed by atoms with Crippen LogP contribution in [0.3, 0.4) is 0 Å². The molecule has 1 atom stereocenters. The molecule has 0 aliphatic rings. The molecule has 1 heterocycles. The van der Waals surface area contributed by atoms with E-state index in [1.54, 1.807) is 34.6 Å². The Morgan fingerprint density at radius 3 is 2.44 bits per heavy atom. The number of nitrogens with one attached hydrogen (secondary N) is 1. The van der Waals surface area contributed by atoms with Gasteiger partial charge in [0.15, 0.2) is 0 Å². The first-order chi connectivity index (χ1) is 11.5. The maximum Gasteiger partial charge on any atom is 0.408 e. The summed E-state index contributed by atoms with van der Waals surface area (Å²) >= 11 is 0. The van der Waals surface area contributed by atoms with Gasteiger partial charge in [0.2, 0.25) is 0 Å². The summed E-state index contributed by atoms with van der Waals surface area (Å²) in [6.45, 7) is 12.5. The van der Waals surface area contributed by atoms with Gasteiger partial charge in [0.05, 0.1) is 18.3 Å². The highest BCUT2D eigenvalue weighted by Gasteiger charge is 2.29. The van der Waals surface area contributed by atoms with Crippen LogP contribution in [0, 0.1) is 6.92 Å². The van der Waals surface area contributed by atoms with E-state index in [-0.39, 0.29) is 19.1 Å². The molecule has 1 unspecified atom stereocenters. The standard InChI is InChI=1S/C17H28N2O6/c1-8-22-15(20)13(18-16(21)24-17(5,6)7)9-12-11(4)25-19-14(12)23-10(2)3/h10,13H,8-9H2,1-7H3,(H,18,21). The quantitative estimate of drug-likeness (QED) is 0.750. The summed E-state index contributed by atoms with van der Waals surface area (Å²) < 4.78 is 21.0. The van der Waals surface area contributed by atoms with Crippen LogP contribution in [0.4, 0.5) is 4.79 Å². The number of carbonyl (C=O) groups is 2. The highest BCUT2D eigenvalue weighted by Crippen LogP contribution is 2.24. The molecule has 1 aromatic heterocycles. The Morgan fingerprint density at radius 1 is 1.28 bits per heavy atom. The van der Waals surface area contributed by atoms with Gasteiger partial charge in [-0.15, -0.1) is 0 Å². The molecule has 0 saturated carbocycles. The van der Waals surface area contributed by atoms with Crippen molar-refractivity contribution in [1.29, 1.82) is 0 Å². The monoisotopic (exact) mass is 356 g/mol. The molecule has 1 rings (SSSR count). The lowest BCUT2D eigenvalue weighted by molar-refractivity contribution is -0.145. The molecule has 0 fully saturated rings. The van der Waals surface area contributed by atoms with E-state index >= 15 is 0 Å². The van der Waals surface area contributed by atoms with Crippen LogP contribution in [0.15, 0.2) is 4.52 Å². The van der Waals surface area contributed by atoms with Crippen molar-refractivity contribution in [1.82, 2.24) is 10.5 Å². The van der Waals surface area contributed by atoms with Crippen LogP contribution in [0.2, 0.25) is 0 Å². The summed E-state index contributed by atoms with van der Waals surface area (Å²) in [7, 11) is 0. The van der Waals surface area contributed by atoms with Gasteiger partial charge in [0, 0.05) is 6.42 Å². The van der Waals surface area contributed by atoms with Crippen LogP contribution in [0.1, 0.15) is 52.9 Å². The summed E-state index contributed by atoms with van der Waals surface area (Å²) in [5.74, 6) is 0.244. The average Bonchev–Trinajstić information content (AvgIpc) is 2.77. The summed E-state index contributed by atoms with van der Waals surface area (Å²) in [4.78, 5) is 24.3. The van der Waals surface area contributed by atoms with Gasteiger partial charge in [-0.25, -0.2) is 9.59 Å². The zero-order valence-electron chi connectivity index (χ0n) is 16.0. The molecule has 0 aliphatic carbocycles. The lowest BCUT2D eigenvalue weighted by atomic mass is 10.1. The fourth-order valence-electron chi connectivity index (χ4n) is 2.01. The van der Waals surface area contributed by atoms with Crippen LogP contribution in [0.5, 0.6) is 5.88 Å². The van der Waals surface area contributed by atoms with Crippen molar-refractivity contribution in [3.05, 3.63) is 11.3 Å². The van der Waals surface area contributed by atoms with E-state index in [1.807, 2.05) is 13.8 Å². The van der Waals surface area contributed by atoms with E-state index in [2.05, 4.69) is 10.5 Å². The Bertz CT molecular complexity index is 588. The molecule has 0 bridgehead atoms. The van der Waals surface area contributed by atoms with E-state index in [4.69, 9.17) is 18.7 Å². The molecule has 0 saturated heterocycles. The molecule has 0 aliphatic heterocycles. The van der Waals surface area contributed by atoms with Gasteiger partial charge in [-0.3, -0.25) is 0 Å². The molecular weight excluding hydrogens is 328 g/mol. The number of aryl methyl sites for hydroxylation is 1. The Hall–Kier alpha value is -2.25. The second kappa shape index (κ2) is 8.73. The van der Waals surface area contributed by atoms with E-state index in [1.165, 1.54) is 0 Å². The number of carbonyl (C=O) groups excluding carboxylic acids is 2. The van der Waals surface area contributed by atoms with E-state index in [9.17, 15) is 9.59 Å². The summed E-state index contributed by atoms with van der Waals surface area (Å²) in [5.41, 5.74) is -0.0784. The lowest BCUT2D eigenvalue weighted by Gasteiger charge is -2.23. The number of hydrogen-bond donors (Lipinski definition) is 1. The predicted octanol–water partition coefficient (Wildman–Crippen LogP) is 2.77. The van der Waals surface area contributed by atoms with Crippen molar-refractivity contribution in [2.75, 3.05) is 6.61 Å². The van der Waals surface area contributed by atoms with Gasteiger partial charge in [-0.2, -0.15) is 0 Å². The van der Waals surface area contributed by atoms with Gasteiger partial charge in [-0.1, -0.05) is 0 Å². The van der Waals surface area contributed by atoms with E-state index in [0.717, 1.165) is 0 Å². The normalized spacial score (nSPS) is 12.6. The van der Waals surface area contributed by atoms with Crippen LogP contribution in [-0.4, -0.2) is 41.6 Å². The minimum Gasteiger partial charge on any atom is -0.473 e.